The third-order valence-electron chi connectivity index (χ3n) is 5.12. The maximum atomic E-state index is 13.4. The molecule has 1 aromatic carbocycles. The number of aryl methyl sites for hydroxylation is 2. The SMILES string of the molecule is Cc1ccc2c(c1)OC(C)CN2C(=O)[C@H]1CNC[C@@H]1c1cnn(C)c1. The maximum absolute atomic E-state index is 13.4. The third kappa shape index (κ3) is 2.91. The van der Waals surface area contributed by atoms with Crippen molar-refractivity contribution in [2.45, 2.75) is 25.9 Å². The number of amides is 1. The first-order valence-corrected chi connectivity index (χ1v) is 8.81. The molecule has 1 saturated heterocycles. The summed E-state index contributed by atoms with van der Waals surface area (Å²) in [6.45, 7) is 6.14. The molecular weight excluding hydrogens is 316 g/mol. The number of hydrogen-bond donors (Lipinski definition) is 1. The van der Waals surface area contributed by atoms with E-state index in [0.717, 1.165) is 29.1 Å². The van der Waals surface area contributed by atoms with E-state index in [1.807, 2.05) is 56.4 Å². The van der Waals surface area contributed by atoms with Gasteiger partial charge in [-0.1, -0.05) is 6.07 Å². The zero-order chi connectivity index (χ0) is 17.6. The van der Waals surface area contributed by atoms with E-state index < -0.39 is 0 Å². The van der Waals surface area contributed by atoms with Crippen LogP contribution in [0, 0.1) is 12.8 Å². The van der Waals surface area contributed by atoms with Crippen molar-refractivity contribution in [3.05, 3.63) is 41.7 Å². The lowest BCUT2D eigenvalue weighted by atomic mass is 9.89. The molecule has 1 aromatic heterocycles. The van der Waals surface area contributed by atoms with E-state index in [1.165, 1.54) is 0 Å². The van der Waals surface area contributed by atoms with Crippen LogP contribution in [-0.2, 0) is 11.8 Å². The van der Waals surface area contributed by atoms with Gasteiger partial charge in [0.2, 0.25) is 5.91 Å². The van der Waals surface area contributed by atoms with Crippen molar-refractivity contribution in [3.63, 3.8) is 0 Å². The molecule has 0 spiro atoms. The highest BCUT2D eigenvalue weighted by Crippen LogP contribution is 2.37. The molecule has 1 fully saturated rings. The Morgan fingerprint density at radius 2 is 2.20 bits per heavy atom. The van der Waals surface area contributed by atoms with Crippen LogP contribution >= 0.6 is 0 Å². The third-order valence-corrected chi connectivity index (χ3v) is 5.12. The number of nitrogens with zero attached hydrogens (tertiary/aromatic N) is 3. The van der Waals surface area contributed by atoms with Crippen LogP contribution in [0.3, 0.4) is 0 Å². The van der Waals surface area contributed by atoms with Crippen LogP contribution in [0.15, 0.2) is 30.6 Å². The average Bonchev–Trinajstić information content (AvgIpc) is 3.21. The molecule has 3 atom stereocenters. The lowest BCUT2D eigenvalue weighted by Gasteiger charge is -2.35. The summed E-state index contributed by atoms with van der Waals surface area (Å²) in [5.41, 5.74) is 3.14. The predicted octanol–water partition coefficient (Wildman–Crippen LogP) is 1.85. The molecular formula is C19H24N4O2. The molecule has 6 heteroatoms. The zero-order valence-electron chi connectivity index (χ0n) is 14.9. The van der Waals surface area contributed by atoms with Crippen molar-refractivity contribution < 1.29 is 9.53 Å². The van der Waals surface area contributed by atoms with Crippen LogP contribution in [0.4, 0.5) is 5.69 Å². The Kier molecular flexibility index (Phi) is 4.00. The number of carbonyl (C=O) groups is 1. The molecule has 6 nitrogen and oxygen atoms in total. The minimum absolute atomic E-state index is 0.00976. The Bertz CT molecular complexity index is 800. The number of benzene rings is 1. The summed E-state index contributed by atoms with van der Waals surface area (Å²) < 4.78 is 7.74. The van der Waals surface area contributed by atoms with Crippen LogP contribution in [0.1, 0.15) is 24.0 Å². The molecule has 132 valence electrons. The van der Waals surface area contributed by atoms with Gasteiger partial charge in [0.1, 0.15) is 11.9 Å². The Balaban J connectivity index is 1.64. The normalized spacial score (nSPS) is 25.6. The van der Waals surface area contributed by atoms with Gasteiger partial charge in [-0.25, -0.2) is 0 Å². The van der Waals surface area contributed by atoms with Crippen LogP contribution < -0.4 is 15.0 Å². The largest absolute Gasteiger partial charge is 0.487 e. The second-order valence-electron chi connectivity index (χ2n) is 7.17. The number of ether oxygens (including phenoxy) is 1. The topological polar surface area (TPSA) is 59.4 Å². The van der Waals surface area contributed by atoms with E-state index in [2.05, 4.69) is 10.4 Å². The van der Waals surface area contributed by atoms with E-state index in [4.69, 9.17) is 4.74 Å². The zero-order valence-corrected chi connectivity index (χ0v) is 14.9. The van der Waals surface area contributed by atoms with Crippen LogP contribution in [-0.4, -0.2) is 41.4 Å². The van der Waals surface area contributed by atoms with E-state index in [0.29, 0.717) is 13.1 Å². The fraction of sp³-hybridized carbons (Fsp3) is 0.474. The summed E-state index contributed by atoms with van der Waals surface area (Å²) in [5, 5.41) is 7.65. The van der Waals surface area contributed by atoms with E-state index >= 15 is 0 Å². The van der Waals surface area contributed by atoms with Crippen LogP contribution in [0.5, 0.6) is 5.75 Å². The summed E-state index contributed by atoms with van der Waals surface area (Å²) in [6.07, 6.45) is 3.87. The van der Waals surface area contributed by atoms with Gasteiger partial charge in [-0.2, -0.15) is 5.10 Å². The second kappa shape index (κ2) is 6.19. The lowest BCUT2D eigenvalue weighted by molar-refractivity contribution is -0.122. The van der Waals surface area contributed by atoms with Gasteiger partial charge >= 0.3 is 0 Å². The number of aromatic nitrogens is 2. The van der Waals surface area contributed by atoms with Gasteiger partial charge in [-0.3, -0.25) is 9.48 Å². The number of carbonyl (C=O) groups excluding carboxylic acids is 1. The monoisotopic (exact) mass is 340 g/mol. The Morgan fingerprint density at radius 1 is 1.36 bits per heavy atom. The molecule has 0 radical (unpaired) electrons. The number of nitrogens with one attached hydrogen (secondary N) is 1. The molecule has 1 N–H and O–H groups in total. The highest BCUT2D eigenvalue weighted by Gasteiger charge is 2.39. The molecule has 3 heterocycles. The lowest BCUT2D eigenvalue weighted by Crippen LogP contribution is -2.46. The van der Waals surface area contributed by atoms with Crippen molar-refractivity contribution in [3.8, 4) is 5.75 Å². The average molecular weight is 340 g/mol. The smallest absolute Gasteiger partial charge is 0.232 e. The fourth-order valence-corrected chi connectivity index (χ4v) is 3.88. The van der Waals surface area contributed by atoms with Gasteiger partial charge in [0.15, 0.2) is 0 Å². The number of hydrogen-bond acceptors (Lipinski definition) is 4. The number of rotatable bonds is 2. The Hall–Kier alpha value is -2.34. The minimum Gasteiger partial charge on any atom is -0.487 e. The molecule has 0 aliphatic carbocycles. The first-order valence-electron chi connectivity index (χ1n) is 8.81. The molecule has 1 unspecified atom stereocenters. The number of anilines is 1. The quantitative estimate of drug-likeness (QED) is 0.906. The van der Waals surface area contributed by atoms with Gasteiger partial charge < -0.3 is 15.0 Å². The highest BCUT2D eigenvalue weighted by atomic mass is 16.5. The maximum Gasteiger partial charge on any atom is 0.232 e. The Morgan fingerprint density at radius 3 is 2.96 bits per heavy atom. The van der Waals surface area contributed by atoms with Gasteiger partial charge in [0.05, 0.1) is 24.3 Å². The van der Waals surface area contributed by atoms with Gasteiger partial charge in [0, 0.05) is 32.3 Å². The summed E-state index contributed by atoms with van der Waals surface area (Å²) in [7, 11) is 1.91. The molecule has 2 aliphatic rings. The minimum atomic E-state index is -0.0800. The highest BCUT2D eigenvalue weighted by molar-refractivity contribution is 5.98. The molecule has 0 bridgehead atoms. The summed E-state index contributed by atoms with van der Waals surface area (Å²) in [4.78, 5) is 15.3. The number of fused-ring (bicyclic) bond motifs is 1. The Labute approximate surface area is 147 Å². The molecule has 2 aromatic rings. The summed E-state index contributed by atoms with van der Waals surface area (Å²) in [6, 6.07) is 6.04. The van der Waals surface area contributed by atoms with Crippen LogP contribution in [0.2, 0.25) is 0 Å². The van der Waals surface area contributed by atoms with Gasteiger partial charge in [-0.05, 0) is 37.1 Å². The fourth-order valence-electron chi connectivity index (χ4n) is 3.88. The second-order valence-corrected chi connectivity index (χ2v) is 7.17. The first kappa shape index (κ1) is 16.1. The van der Waals surface area contributed by atoms with Crippen LogP contribution in [0.25, 0.3) is 0 Å². The van der Waals surface area contributed by atoms with Crippen molar-refractivity contribution in [1.82, 2.24) is 15.1 Å². The van der Waals surface area contributed by atoms with Crippen molar-refractivity contribution in [2.24, 2.45) is 13.0 Å². The van der Waals surface area contributed by atoms with E-state index in [-0.39, 0.29) is 23.8 Å². The standard InChI is InChI=1S/C19H24N4O2/c1-12-4-5-17-18(6-12)25-13(2)10-23(17)19(24)16-9-20-8-15(16)14-7-21-22(3)11-14/h4-7,11,13,15-16,20H,8-10H2,1-3H3/t13?,15-,16+/m1/s1. The van der Waals surface area contributed by atoms with Crippen molar-refractivity contribution >= 4 is 11.6 Å². The summed E-state index contributed by atoms with van der Waals surface area (Å²) in [5.74, 6) is 1.05. The first-order chi connectivity index (χ1) is 12.0. The molecule has 0 saturated carbocycles. The van der Waals surface area contributed by atoms with Crippen molar-refractivity contribution in [1.29, 1.82) is 0 Å². The van der Waals surface area contributed by atoms with Crippen molar-refractivity contribution in [2.75, 3.05) is 24.5 Å². The predicted molar refractivity (Wildman–Crippen MR) is 95.9 cm³/mol. The van der Waals surface area contributed by atoms with E-state index in [9.17, 15) is 4.79 Å². The summed E-state index contributed by atoms with van der Waals surface area (Å²) >= 11 is 0. The van der Waals surface area contributed by atoms with E-state index in [1.54, 1.807) is 4.68 Å². The molecule has 2 aliphatic heterocycles. The van der Waals surface area contributed by atoms with Gasteiger partial charge in [-0.15, -0.1) is 0 Å². The molecule has 25 heavy (non-hydrogen) atoms. The molecule has 4 rings (SSSR count). The molecule has 1 amide bonds. The van der Waals surface area contributed by atoms with Gasteiger partial charge in [0.25, 0.3) is 0 Å².